The third-order valence-electron chi connectivity index (χ3n) is 7.58. The van der Waals surface area contributed by atoms with Gasteiger partial charge in [0.2, 0.25) is 5.91 Å². The van der Waals surface area contributed by atoms with E-state index in [1.807, 2.05) is 24.0 Å². The van der Waals surface area contributed by atoms with Crippen LogP contribution in [-0.4, -0.2) is 62.0 Å². The summed E-state index contributed by atoms with van der Waals surface area (Å²) in [5, 5.41) is 3.35. The summed E-state index contributed by atoms with van der Waals surface area (Å²) in [4.78, 5) is 31.6. The molecular formula is C29H39N7O. The van der Waals surface area contributed by atoms with E-state index in [1.165, 1.54) is 5.56 Å². The number of benzene rings is 1. The minimum atomic E-state index is 0.171. The Balaban J connectivity index is 1.14. The standard InChI is InChI=1S/C29H39N7O/c1-23-19-28(33-27(31-23)12-17-35-18-13-30-22-35)36-14-6-5-9-26(36)20-29(37)32-25-10-15-34(16-11-25)21-24-7-3-2-4-8-24/h2-4,7-8,13,18-19,22,25-26H,5-6,9-12,14-17,20-21H2,1H3,(H,32,37). The molecule has 37 heavy (non-hydrogen) atoms. The van der Waals surface area contributed by atoms with E-state index in [2.05, 4.69) is 61.5 Å². The number of rotatable bonds is 9. The second-order valence-corrected chi connectivity index (χ2v) is 10.5. The van der Waals surface area contributed by atoms with Crippen LogP contribution in [0.2, 0.25) is 0 Å². The largest absolute Gasteiger partial charge is 0.353 e. The molecule has 2 fully saturated rings. The average molecular weight is 502 g/mol. The molecule has 0 radical (unpaired) electrons. The second kappa shape index (κ2) is 12.3. The van der Waals surface area contributed by atoms with Crippen molar-refractivity contribution in [2.75, 3.05) is 24.5 Å². The summed E-state index contributed by atoms with van der Waals surface area (Å²) in [6.07, 6.45) is 12.2. The number of aryl methyl sites for hydroxylation is 3. The molecule has 3 aromatic rings. The van der Waals surface area contributed by atoms with Gasteiger partial charge in [-0.1, -0.05) is 30.3 Å². The van der Waals surface area contributed by atoms with Crippen LogP contribution in [0.4, 0.5) is 5.82 Å². The number of piperidine rings is 2. The lowest BCUT2D eigenvalue weighted by Crippen LogP contribution is -2.47. The maximum atomic E-state index is 13.1. The molecule has 8 heteroatoms. The van der Waals surface area contributed by atoms with E-state index in [9.17, 15) is 4.79 Å². The molecule has 2 aliphatic heterocycles. The Morgan fingerprint density at radius 1 is 1.05 bits per heavy atom. The van der Waals surface area contributed by atoms with Crippen molar-refractivity contribution in [3.05, 3.63) is 72.2 Å². The molecule has 2 saturated heterocycles. The summed E-state index contributed by atoms with van der Waals surface area (Å²) in [5.41, 5.74) is 2.33. The molecule has 4 heterocycles. The molecule has 1 unspecified atom stereocenters. The van der Waals surface area contributed by atoms with Crippen molar-refractivity contribution in [1.82, 2.24) is 29.7 Å². The highest BCUT2D eigenvalue weighted by Crippen LogP contribution is 2.26. The van der Waals surface area contributed by atoms with Crippen LogP contribution in [0.25, 0.3) is 0 Å². The Bertz CT molecular complexity index is 1130. The van der Waals surface area contributed by atoms with Crippen LogP contribution in [0.3, 0.4) is 0 Å². The zero-order valence-corrected chi connectivity index (χ0v) is 21.9. The zero-order valence-electron chi connectivity index (χ0n) is 21.9. The molecule has 0 saturated carbocycles. The van der Waals surface area contributed by atoms with Crippen LogP contribution in [0, 0.1) is 6.92 Å². The quantitative estimate of drug-likeness (QED) is 0.481. The van der Waals surface area contributed by atoms with E-state index < -0.39 is 0 Å². The third-order valence-corrected chi connectivity index (χ3v) is 7.58. The predicted molar refractivity (Wildman–Crippen MR) is 145 cm³/mol. The lowest BCUT2D eigenvalue weighted by molar-refractivity contribution is -0.122. The van der Waals surface area contributed by atoms with Crippen LogP contribution in [-0.2, 0) is 24.3 Å². The molecule has 1 amide bonds. The number of hydrogen-bond acceptors (Lipinski definition) is 6. The average Bonchev–Trinajstić information content (AvgIpc) is 3.43. The highest BCUT2D eigenvalue weighted by molar-refractivity contribution is 5.77. The van der Waals surface area contributed by atoms with Crippen molar-refractivity contribution in [3.63, 3.8) is 0 Å². The molecule has 0 bridgehead atoms. The van der Waals surface area contributed by atoms with Crippen LogP contribution in [0.1, 0.15) is 55.6 Å². The van der Waals surface area contributed by atoms with Gasteiger partial charge in [0.05, 0.1) is 6.33 Å². The molecule has 1 atom stereocenters. The van der Waals surface area contributed by atoms with Gasteiger partial charge < -0.3 is 14.8 Å². The van der Waals surface area contributed by atoms with Crippen molar-refractivity contribution in [2.24, 2.45) is 0 Å². The summed E-state index contributed by atoms with van der Waals surface area (Å²) in [6.45, 7) is 6.81. The summed E-state index contributed by atoms with van der Waals surface area (Å²) >= 11 is 0. The highest BCUT2D eigenvalue weighted by atomic mass is 16.1. The van der Waals surface area contributed by atoms with E-state index in [0.717, 1.165) is 88.6 Å². The Morgan fingerprint density at radius 2 is 1.89 bits per heavy atom. The SMILES string of the molecule is Cc1cc(N2CCCCC2CC(=O)NC2CCN(Cc3ccccc3)CC2)nc(CCn2ccnc2)n1. The number of nitrogens with zero attached hydrogens (tertiary/aromatic N) is 6. The van der Waals surface area contributed by atoms with Gasteiger partial charge in [-0.2, -0.15) is 0 Å². The number of anilines is 1. The number of carbonyl (C=O) groups is 1. The van der Waals surface area contributed by atoms with Gasteiger partial charge in [-0.25, -0.2) is 15.0 Å². The van der Waals surface area contributed by atoms with Gasteiger partial charge in [0, 0.05) is 81.8 Å². The van der Waals surface area contributed by atoms with Crippen molar-refractivity contribution >= 4 is 11.7 Å². The Morgan fingerprint density at radius 3 is 2.68 bits per heavy atom. The molecule has 8 nitrogen and oxygen atoms in total. The fraction of sp³-hybridized carbons (Fsp3) is 0.517. The molecule has 2 aliphatic rings. The van der Waals surface area contributed by atoms with E-state index in [-0.39, 0.29) is 18.0 Å². The molecular weight excluding hydrogens is 462 g/mol. The van der Waals surface area contributed by atoms with E-state index >= 15 is 0 Å². The predicted octanol–water partition coefficient (Wildman–Crippen LogP) is 3.75. The highest BCUT2D eigenvalue weighted by Gasteiger charge is 2.28. The minimum absolute atomic E-state index is 0.171. The van der Waals surface area contributed by atoms with Gasteiger partial charge in [0.15, 0.2) is 0 Å². The number of likely N-dealkylation sites (tertiary alicyclic amines) is 1. The van der Waals surface area contributed by atoms with Gasteiger partial charge in [0.1, 0.15) is 11.6 Å². The first kappa shape index (κ1) is 25.4. The van der Waals surface area contributed by atoms with Gasteiger partial charge in [-0.3, -0.25) is 9.69 Å². The molecule has 2 aromatic heterocycles. The first-order valence-electron chi connectivity index (χ1n) is 13.7. The van der Waals surface area contributed by atoms with Crippen molar-refractivity contribution in [1.29, 1.82) is 0 Å². The molecule has 5 rings (SSSR count). The first-order valence-corrected chi connectivity index (χ1v) is 13.7. The third kappa shape index (κ3) is 7.16. The first-order chi connectivity index (χ1) is 18.1. The molecule has 196 valence electrons. The number of imidazole rings is 1. The summed E-state index contributed by atoms with van der Waals surface area (Å²) in [5.74, 6) is 1.98. The maximum absolute atomic E-state index is 13.1. The monoisotopic (exact) mass is 501 g/mol. The van der Waals surface area contributed by atoms with E-state index in [1.54, 1.807) is 6.20 Å². The minimum Gasteiger partial charge on any atom is -0.353 e. The molecule has 0 aliphatic carbocycles. The van der Waals surface area contributed by atoms with E-state index in [0.29, 0.717) is 6.42 Å². The number of nitrogens with one attached hydrogen (secondary N) is 1. The Hall–Kier alpha value is -3.26. The number of hydrogen-bond donors (Lipinski definition) is 1. The summed E-state index contributed by atoms with van der Waals surface area (Å²) in [6, 6.07) is 13.2. The van der Waals surface area contributed by atoms with Gasteiger partial charge in [-0.05, 0) is 44.6 Å². The van der Waals surface area contributed by atoms with Crippen LogP contribution >= 0.6 is 0 Å². The lowest BCUT2D eigenvalue weighted by atomic mass is 9.98. The lowest BCUT2D eigenvalue weighted by Gasteiger charge is -2.37. The number of amides is 1. The fourth-order valence-corrected chi connectivity index (χ4v) is 5.61. The molecule has 1 N–H and O–H groups in total. The van der Waals surface area contributed by atoms with Crippen LogP contribution in [0.5, 0.6) is 0 Å². The van der Waals surface area contributed by atoms with Crippen LogP contribution < -0.4 is 10.2 Å². The van der Waals surface area contributed by atoms with Gasteiger partial charge >= 0.3 is 0 Å². The summed E-state index contributed by atoms with van der Waals surface area (Å²) < 4.78 is 2.05. The van der Waals surface area contributed by atoms with Crippen molar-refractivity contribution in [3.8, 4) is 0 Å². The number of aromatic nitrogens is 4. The second-order valence-electron chi connectivity index (χ2n) is 10.5. The smallest absolute Gasteiger partial charge is 0.222 e. The maximum Gasteiger partial charge on any atom is 0.222 e. The van der Waals surface area contributed by atoms with Crippen LogP contribution in [0.15, 0.2) is 55.1 Å². The zero-order chi connectivity index (χ0) is 25.5. The normalized spacial score (nSPS) is 19.2. The van der Waals surface area contributed by atoms with Gasteiger partial charge in [-0.15, -0.1) is 0 Å². The Labute approximate surface area is 220 Å². The molecule has 0 spiro atoms. The van der Waals surface area contributed by atoms with E-state index in [4.69, 9.17) is 4.98 Å². The summed E-state index contributed by atoms with van der Waals surface area (Å²) in [7, 11) is 0. The van der Waals surface area contributed by atoms with Crippen molar-refractivity contribution < 1.29 is 4.79 Å². The van der Waals surface area contributed by atoms with Gasteiger partial charge in [0.25, 0.3) is 0 Å². The van der Waals surface area contributed by atoms with Crippen molar-refractivity contribution in [2.45, 2.75) is 77.0 Å². The Kier molecular flexibility index (Phi) is 8.46. The fourth-order valence-electron chi connectivity index (χ4n) is 5.61. The topological polar surface area (TPSA) is 79.2 Å². The molecule has 1 aromatic carbocycles. The number of carbonyl (C=O) groups excluding carboxylic acids is 1.